The van der Waals surface area contributed by atoms with Crippen molar-refractivity contribution in [2.45, 2.75) is 58.2 Å². The van der Waals surface area contributed by atoms with E-state index in [-0.39, 0.29) is 24.3 Å². The zero-order valence-corrected chi connectivity index (χ0v) is 27.2. The van der Waals surface area contributed by atoms with Gasteiger partial charge in [0.05, 0.1) is 35.8 Å². The van der Waals surface area contributed by atoms with Crippen LogP contribution in [0.3, 0.4) is 0 Å². The number of nitriles is 1. The van der Waals surface area contributed by atoms with E-state index in [1.54, 1.807) is 6.08 Å². The quantitative estimate of drug-likeness (QED) is 0.304. The Hall–Kier alpha value is -3.87. The molecule has 236 valence electrons. The summed E-state index contributed by atoms with van der Waals surface area (Å²) in [6.07, 6.45) is 6.85. The summed E-state index contributed by atoms with van der Waals surface area (Å²) in [7, 11) is 2.14. The average molecular weight is 628 g/mol. The summed E-state index contributed by atoms with van der Waals surface area (Å²) in [4.78, 5) is 31.9. The number of piperazine rings is 1. The van der Waals surface area contributed by atoms with Crippen molar-refractivity contribution < 1.29 is 9.53 Å². The van der Waals surface area contributed by atoms with Gasteiger partial charge in [0.1, 0.15) is 12.4 Å². The summed E-state index contributed by atoms with van der Waals surface area (Å²) in [5.74, 6) is 1.10. The van der Waals surface area contributed by atoms with Crippen LogP contribution in [-0.2, 0) is 17.8 Å². The van der Waals surface area contributed by atoms with Gasteiger partial charge in [-0.05, 0) is 62.4 Å². The summed E-state index contributed by atoms with van der Waals surface area (Å²) >= 11 is 6.72. The second kappa shape index (κ2) is 13.6. The van der Waals surface area contributed by atoms with E-state index >= 15 is 0 Å². The van der Waals surface area contributed by atoms with Gasteiger partial charge in [0.2, 0.25) is 5.91 Å². The number of benzene rings is 2. The van der Waals surface area contributed by atoms with Crippen LogP contribution in [0.25, 0.3) is 10.8 Å². The highest BCUT2D eigenvalue weighted by Gasteiger charge is 2.34. The Morgan fingerprint density at radius 1 is 1.11 bits per heavy atom. The van der Waals surface area contributed by atoms with Gasteiger partial charge in [0.15, 0.2) is 0 Å². The predicted molar refractivity (Wildman–Crippen MR) is 179 cm³/mol. The molecule has 2 fully saturated rings. The predicted octanol–water partition coefficient (Wildman–Crippen LogP) is 5.46. The van der Waals surface area contributed by atoms with Gasteiger partial charge in [-0.2, -0.15) is 15.2 Å². The van der Waals surface area contributed by atoms with Gasteiger partial charge < -0.3 is 24.3 Å². The van der Waals surface area contributed by atoms with Gasteiger partial charge in [0.25, 0.3) is 0 Å². The van der Waals surface area contributed by atoms with Gasteiger partial charge in [-0.1, -0.05) is 55.8 Å². The molecule has 2 saturated heterocycles. The molecule has 0 radical (unpaired) electrons. The molecule has 0 aliphatic carbocycles. The van der Waals surface area contributed by atoms with E-state index < -0.39 is 0 Å². The van der Waals surface area contributed by atoms with E-state index in [2.05, 4.69) is 52.1 Å². The molecule has 0 N–H and O–H groups in total. The third-order valence-electron chi connectivity index (χ3n) is 9.29. The molecule has 2 unspecified atom stereocenters. The van der Waals surface area contributed by atoms with E-state index in [0.29, 0.717) is 44.8 Å². The number of carbonyl (C=O) groups is 1. The maximum atomic E-state index is 13.1. The minimum Gasteiger partial charge on any atom is -0.462 e. The number of amides is 1. The fraction of sp³-hybridized carbons (Fsp3) is 0.486. The van der Waals surface area contributed by atoms with Crippen molar-refractivity contribution in [2.75, 3.05) is 56.2 Å². The monoisotopic (exact) mass is 627 g/mol. The fourth-order valence-electron chi connectivity index (χ4n) is 6.81. The summed E-state index contributed by atoms with van der Waals surface area (Å²) in [6.45, 7) is 8.79. The number of hydrogen-bond donors (Lipinski definition) is 0. The normalized spacial score (nSPS) is 20.7. The van der Waals surface area contributed by atoms with Crippen LogP contribution < -0.4 is 14.5 Å². The second-order valence-corrected chi connectivity index (χ2v) is 13.1. The third kappa shape index (κ3) is 6.73. The summed E-state index contributed by atoms with van der Waals surface area (Å²) in [6, 6.07) is 15.1. The molecule has 0 spiro atoms. The van der Waals surface area contributed by atoms with Crippen molar-refractivity contribution >= 4 is 39.8 Å². The van der Waals surface area contributed by atoms with Gasteiger partial charge in [0, 0.05) is 48.9 Å². The van der Waals surface area contributed by atoms with Crippen molar-refractivity contribution in [3.05, 3.63) is 64.8 Å². The summed E-state index contributed by atoms with van der Waals surface area (Å²) in [5.41, 5.74) is 3.15. The molecule has 3 aromatic rings. The Bertz CT molecular complexity index is 1610. The molecule has 3 aliphatic heterocycles. The maximum Gasteiger partial charge on any atom is 0.318 e. The third-order valence-corrected chi connectivity index (χ3v) is 9.60. The number of ether oxygens (including phenoxy) is 1. The van der Waals surface area contributed by atoms with E-state index in [9.17, 15) is 10.1 Å². The highest BCUT2D eigenvalue weighted by Crippen LogP contribution is 2.37. The van der Waals surface area contributed by atoms with Crippen LogP contribution in [0.5, 0.6) is 6.01 Å². The number of carbonyl (C=O) groups excluding carboxylic acids is 1. The van der Waals surface area contributed by atoms with Crippen molar-refractivity contribution in [1.29, 1.82) is 5.26 Å². The van der Waals surface area contributed by atoms with Crippen molar-refractivity contribution in [3.63, 3.8) is 0 Å². The maximum absolute atomic E-state index is 13.1. The zero-order chi connectivity index (χ0) is 31.5. The number of hydrogen-bond acceptors (Lipinski definition) is 8. The van der Waals surface area contributed by atoms with Crippen LogP contribution in [-0.4, -0.2) is 84.1 Å². The first-order valence-electron chi connectivity index (χ1n) is 16.1. The molecular formula is C35H42ClN7O2. The largest absolute Gasteiger partial charge is 0.462 e. The van der Waals surface area contributed by atoms with Crippen LogP contribution in [0.15, 0.2) is 48.6 Å². The van der Waals surface area contributed by atoms with Crippen molar-refractivity contribution in [2.24, 2.45) is 5.92 Å². The summed E-state index contributed by atoms with van der Waals surface area (Å²) in [5, 5.41) is 12.6. The van der Waals surface area contributed by atoms with Crippen molar-refractivity contribution in [1.82, 2.24) is 19.8 Å². The van der Waals surface area contributed by atoms with Crippen LogP contribution in [0.4, 0.5) is 11.5 Å². The van der Waals surface area contributed by atoms with E-state index in [1.165, 1.54) is 6.42 Å². The van der Waals surface area contributed by atoms with Gasteiger partial charge in [-0.25, -0.2) is 0 Å². The molecule has 10 heteroatoms. The number of rotatable bonds is 8. The number of likely N-dealkylation sites (N-methyl/N-ethyl adjacent to an activating group) is 1. The van der Waals surface area contributed by atoms with Crippen LogP contribution in [0.1, 0.15) is 44.4 Å². The Labute approximate surface area is 271 Å². The van der Waals surface area contributed by atoms with Gasteiger partial charge in [-0.15, -0.1) is 0 Å². The molecule has 0 saturated carbocycles. The van der Waals surface area contributed by atoms with E-state index in [0.717, 1.165) is 64.5 Å². The van der Waals surface area contributed by atoms with E-state index in [4.69, 9.17) is 26.3 Å². The minimum absolute atomic E-state index is 0.0394. The van der Waals surface area contributed by atoms with E-state index in [1.807, 2.05) is 37.0 Å². The molecular weight excluding hydrogens is 586 g/mol. The minimum atomic E-state index is -0.229. The lowest BCUT2D eigenvalue weighted by molar-refractivity contribution is -0.128. The van der Waals surface area contributed by atoms with Gasteiger partial charge in [-0.3, -0.25) is 4.79 Å². The second-order valence-electron chi connectivity index (χ2n) is 12.7. The fourth-order valence-corrected chi connectivity index (χ4v) is 7.09. The molecule has 6 rings (SSSR count). The topological polar surface area (TPSA) is 88.8 Å². The number of likely N-dealkylation sites (tertiary alicyclic amines) is 1. The summed E-state index contributed by atoms with van der Waals surface area (Å²) < 4.78 is 6.32. The first-order valence-corrected chi connectivity index (χ1v) is 16.5. The Kier molecular flexibility index (Phi) is 9.43. The molecule has 3 aliphatic rings. The van der Waals surface area contributed by atoms with Crippen LogP contribution in [0, 0.1) is 17.2 Å². The molecule has 0 bridgehead atoms. The number of allylic oxidation sites excluding steroid dienone is 1. The molecule has 1 amide bonds. The molecule has 45 heavy (non-hydrogen) atoms. The SMILES string of the molecule is CC(C)/C=C/C(=O)N1CCN(c2nc(OCC3CCCN3C)nc3c2CCN(c2cccc4cccc(Cl)c24)C3)CC1CC#N. The number of fused-ring (bicyclic) bond motifs is 2. The molecule has 4 heterocycles. The van der Waals surface area contributed by atoms with Crippen molar-refractivity contribution in [3.8, 4) is 12.1 Å². The first-order chi connectivity index (χ1) is 21.8. The first kappa shape index (κ1) is 31.1. The Balaban J connectivity index is 1.32. The zero-order valence-electron chi connectivity index (χ0n) is 26.5. The molecule has 2 aromatic carbocycles. The highest BCUT2D eigenvalue weighted by atomic mass is 35.5. The smallest absolute Gasteiger partial charge is 0.318 e. The number of halogens is 1. The molecule has 9 nitrogen and oxygen atoms in total. The number of anilines is 2. The standard InChI is InChI=1S/C35H42ClN7O2/c1-24(2)12-13-32(44)43-20-19-42(21-26(43)14-16-37)34-28-15-18-41(31-11-5-8-25-7-4-10-29(36)33(25)31)22-30(28)38-35(39-34)45-23-27-9-6-17-40(27)3/h4-5,7-8,10-13,24,26-27H,6,9,14-15,17-23H2,1-3H3/b13-12+. The lowest BCUT2D eigenvalue weighted by atomic mass is 10.0. The number of nitrogens with zero attached hydrogens (tertiary/aromatic N) is 7. The van der Waals surface area contributed by atoms with Crippen LogP contribution >= 0.6 is 11.6 Å². The highest BCUT2D eigenvalue weighted by molar-refractivity contribution is 6.36. The Morgan fingerprint density at radius 3 is 2.69 bits per heavy atom. The number of aromatic nitrogens is 2. The van der Waals surface area contributed by atoms with Crippen LogP contribution in [0.2, 0.25) is 5.02 Å². The molecule has 1 aromatic heterocycles. The van der Waals surface area contributed by atoms with Gasteiger partial charge >= 0.3 is 6.01 Å². The Morgan fingerprint density at radius 2 is 1.93 bits per heavy atom. The lowest BCUT2D eigenvalue weighted by Gasteiger charge is -2.42. The molecule has 2 atom stereocenters. The average Bonchev–Trinajstić information content (AvgIpc) is 3.46. The lowest BCUT2D eigenvalue weighted by Crippen LogP contribution is -2.55.